The minimum atomic E-state index is -1.05. The number of nitrogens with one attached hydrogen (secondary N) is 2. The van der Waals surface area contributed by atoms with Gasteiger partial charge in [-0.2, -0.15) is 0 Å². The predicted molar refractivity (Wildman–Crippen MR) is 118 cm³/mol. The van der Waals surface area contributed by atoms with Crippen LogP contribution in [0.1, 0.15) is 41.1 Å². The molecule has 1 unspecified atom stereocenters. The number of rotatable bonds is 8. The van der Waals surface area contributed by atoms with Crippen LogP contribution in [0.5, 0.6) is 5.75 Å². The third-order valence-electron chi connectivity index (χ3n) is 4.72. The number of anilines is 2. The fourth-order valence-corrected chi connectivity index (χ4v) is 4.33. The fraction of sp³-hybridized carbons (Fsp3) is 0.364. The van der Waals surface area contributed by atoms with Gasteiger partial charge in [0.2, 0.25) is 0 Å². The van der Waals surface area contributed by atoms with E-state index >= 15 is 0 Å². The first-order valence-electron chi connectivity index (χ1n) is 10.1. The number of amides is 2. The van der Waals surface area contributed by atoms with Gasteiger partial charge in [-0.1, -0.05) is 19.1 Å². The van der Waals surface area contributed by atoms with Crippen LogP contribution < -0.4 is 15.4 Å². The van der Waals surface area contributed by atoms with Crippen LogP contribution in [0.25, 0.3) is 0 Å². The zero-order valence-electron chi connectivity index (χ0n) is 18.0. The van der Waals surface area contributed by atoms with E-state index in [2.05, 4.69) is 10.6 Å². The van der Waals surface area contributed by atoms with Gasteiger partial charge in [-0.3, -0.25) is 14.4 Å². The van der Waals surface area contributed by atoms with Gasteiger partial charge in [-0.25, -0.2) is 4.79 Å². The number of fused-ring (bicyclic) bond motifs is 1. The van der Waals surface area contributed by atoms with Crippen LogP contribution in [-0.2, 0) is 30.3 Å². The van der Waals surface area contributed by atoms with Crippen LogP contribution in [0.15, 0.2) is 24.3 Å². The summed E-state index contributed by atoms with van der Waals surface area (Å²) in [6, 6.07) is 6.86. The van der Waals surface area contributed by atoms with E-state index in [1.807, 2.05) is 6.92 Å². The van der Waals surface area contributed by atoms with Gasteiger partial charge in [0.05, 0.1) is 24.3 Å². The molecular formula is C22H24N2O7S. The van der Waals surface area contributed by atoms with Crippen LogP contribution in [0.2, 0.25) is 0 Å². The number of thiophene rings is 1. The van der Waals surface area contributed by atoms with Crippen molar-refractivity contribution < 1.29 is 33.4 Å². The van der Waals surface area contributed by atoms with Crippen molar-refractivity contribution in [1.29, 1.82) is 0 Å². The van der Waals surface area contributed by atoms with Gasteiger partial charge in [0, 0.05) is 4.88 Å². The molecule has 32 heavy (non-hydrogen) atoms. The maximum absolute atomic E-state index is 12.3. The van der Waals surface area contributed by atoms with Crippen LogP contribution in [-0.4, -0.2) is 43.1 Å². The van der Waals surface area contributed by atoms with E-state index in [1.165, 1.54) is 11.3 Å². The molecule has 2 amide bonds. The maximum Gasteiger partial charge on any atom is 0.341 e. The number of hydrogen-bond donors (Lipinski definition) is 2. The highest BCUT2D eigenvalue weighted by molar-refractivity contribution is 7.17. The second kappa shape index (κ2) is 10.3. The minimum Gasteiger partial charge on any atom is -0.478 e. The molecule has 10 heteroatoms. The number of para-hydroxylation sites is 2. The monoisotopic (exact) mass is 460 g/mol. The lowest BCUT2D eigenvalue weighted by Gasteiger charge is -2.25. The standard InChI is InChI=1S/C22H24N2O7S/c1-4-16-12(3)19(22(28)29-5-2)21(32-16)24-17(25)11-30-18(26)10-15-20(27)23-13-8-6-7-9-14(13)31-15/h6-9,15H,4-5,10-11H2,1-3H3,(H,23,27)(H,24,25). The first-order chi connectivity index (χ1) is 15.3. The number of esters is 2. The molecular weight excluding hydrogens is 436 g/mol. The molecule has 0 fully saturated rings. The van der Waals surface area contributed by atoms with Crippen molar-refractivity contribution in [1.82, 2.24) is 0 Å². The normalized spacial score (nSPS) is 14.6. The SMILES string of the molecule is CCOC(=O)c1c(NC(=O)COC(=O)CC2Oc3ccccc3NC2=O)sc(CC)c1C. The molecule has 9 nitrogen and oxygen atoms in total. The summed E-state index contributed by atoms with van der Waals surface area (Å²) in [5.41, 5.74) is 1.58. The molecule has 3 rings (SSSR count). The molecule has 0 bridgehead atoms. The Kier molecular flexibility index (Phi) is 7.47. The van der Waals surface area contributed by atoms with Crippen molar-refractivity contribution in [3.63, 3.8) is 0 Å². The van der Waals surface area contributed by atoms with Gasteiger partial charge in [-0.15, -0.1) is 11.3 Å². The second-order valence-corrected chi connectivity index (χ2v) is 8.04. The first kappa shape index (κ1) is 23.3. The van der Waals surface area contributed by atoms with E-state index in [0.717, 1.165) is 10.4 Å². The van der Waals surface area contributed by atoms with Gasteiger partial charge in [0.15, 0.2) is 12.7 Å². The summed E-state index contributed by atoms with van der Waals surface area (Å²) in [4.78, 5) is 49.9. The quantitative estimate of drug-likeness (QED) is 0.581. The lowest BCUT2D eigenvalue weighted by atomic mass is 10.1. The summed E-state index contributed by atoms with van der Waals surface area (Å²) in [5, 5.41) is 5.63. The van der Waals surface area contributed by atoms with E-state index in [9.17, 15) is 19.2 Å². The Morgan fingerprint density at radius 1 is 1.19 bits per heavy atom. The van der Waals surface area contributed by atoms with E-state index < -0.39 is 36.5 Å². The van der Waals surface area contributed by atoms with Crippen LogP contribution in [0.4, 0.5) is 10.7 Å². The van der Waals surface area contributed by atoms with Crippen molar-refractivity contribution >= 4 is 45.8 Å². The third-order valence-corrected chi connectivity index (χ3v) is 6.07. The van der Waals surface area contributed by atoms with Crippen molar-refractivity contribution in [3.8, 4) is 5.75 Å². The molecule has 2 aromatic rings. The molecule has 0 saturated carbocycles. The summed E-state index contributed by atoms with van der Waals surface area (Å²) in [6.45, 7) is 5.09. The lowest BCUT2D eigenvalue weighted by molar-refractivity contribution is -0.150. The van der Waals surface area contributed by atoms with Gasteiger partial charge in [0.25, 0.3) is 11.8 Å². The summed E-state index contributed by atoms with van der Waals surface area (Å²) in [6.07, 6.45) is -0.706. The van der Waals surface area contributed by atoms with E-state index in [0.29, 0.717) is 28.4 Å². The molecule has 0 aliphatic carbocycles. The molecule has 1 aromatic carbocycles. The summed E-state index contributed by atoms with van der Waals surface area (Å²) >= 11 is 1.28. The van der Waals surface area contributed by atoms with Gasteiger partial charge in [0.1, 0.15) is 10.8 Å². The molecule has 1 aliphatic rings. The molecule has 170 valence electrons. The zero-order chi connectivity index (χ0) is 23.3. The molecule has 1 atom stereocenters. The minimum absolute atomic E-state index is 0.210. The Labute approximate surface area is 189 Å². The molecule has 0 spiro atoms. The molecule has 2 N–H and O–H groups in total. The van der Waals surface area contributed by atoms with Crippen molar-refractivity contribution in [2.75, 3.05) is 23.8 Å². The Hall–Kier alpha value is -3.40. The predicted octanol–water partition coefficient (Wildman–Crippen LogP) is 3.07. The Morgan fingerprint density at radius 2 is 1.94 bits per heavy atom. The smallest absolute Gasteiger partial charge is 0.341 e. The van der Waals surface area contributed by atoms with E-state index in [-0.39, 0.29) is 13.0 Å². The number of hydrogen-bond acceptors (Lipinski definition) is 8. The van der Waals surface area contributed by atoms with Gasteiger partial charge in [-0.05, 0) is 38.0 Å². The van der Waals surface area contributed by atoms with Crippen molar-refractivity contribution in [2.45, 2.75) is 39.7 Å². The fourth-order valence-electron chi connectivity index (χ4n) is 3.18. The van der Waals surface area contributed by atoms with Crippen LogP contribution >= 0.6 is 11.3 Å². The molecule has 1 aromatic heterocycles. The van der Waals surface area contributed by atoms with E-state index in [1.54, 1.807) is 38.1 Å². The summed E-state index contributed by atoms with van der Waals surface area (Å²) < 4.78 is 15.6. The topological polar surface area (TPSA) is 120 Å². The Bertz CT molecular complexity index is 1050. The maximum atomic E-state index is 12.3. The molecule has 0 saturated heterocycles. The first-order valence-corrected chi connectivity index (χ1v) is 11.0. The lowest BCUT2D eigenvalue weighted by Crippen LogP contribution is -2.39. The highest BCUT2D eigenvalue weighted by atomic mass is 32.1. The average Bonchev–Trinajstić information content (AvgIpc) is 3.07. The highest BCUT2D eigenvalue weighted by Crippen LogP contribution is 2.34. The van der Waals surface area contributed by atoms with E-state index in [4.69, 9.17) is 14.2 Å². The largest absolute Gasteiger partial charge is 0.478 e. The number of aryl methyl sites for hydroxylation is 1. The number of ether oxygens (including phenoxy) is 3. The van der Waals surface area contributed by atoms with Gasteiger partial charge < -0.3 is 24.8 Å². The van der Waals surface area contributed by atoms with Crippen LogP contribution in [0, 0.1) is 6.92 Å². The second-order valence-electron chi connectivity index (χ2n) is 6.93. The number of benzene rings is 1. The highest BCUT2D eigenvalue weighted by Gasteiger charge is 2.30. The van der Waals surface area contributed by atoms with Crippen molar-refractivity contribution in [3.05, 3.63) is 40.3 Å². The molecule has 1 aliphatic heterocycles. The van der Waals surface area contributed by atoms with Crippen LogP contribution in [0.3, 0.4) is 0 Å². The number of carbonyl (C=O) groups is 4. The Balaban J connectivity index is 1.57. The van der Waals surface area contributed by atoms with Crippen molar-refractivity contribution in [2.24, 2.45) is 0 Å². The molecule has 0 radical (unpaired) electrons. The summed E-state index contributed by atoms with van der Waals surface area (Å²) in [5.74, 6) is -1.90. The van der Waals surface area contributed by atoms with Gasteiger partial charge >= 0.3 is 11.9 Å². The molecule has 2 heterocycles. The zero-order valence-corrected chi connectivity index (χ0v) is 18.8. The number of carbonyl (C=O) groups excluding carboxylic acids is 4. The summed E-state index contributed by atoms with van der Waals surface area (Å²) in [7, 11) is 0. The average molecular weight is 461 g/mol. The third kappa shape index (κ3) is 5.25. The Morgan fingerprint density at radius 3 is 2.66 bits per heavy atom.